The summed E-state index contributed by atoms with van der Waals surface area (Å²) in [5.41, 5.74) is 2.95. The molecule has 1 unspecified atom stereocenters. The van der Waals surface area contributed by atoms with E-state index in [1.54, 1.807) is 30.7 Å². The molecule has 3 aromatic rings. The zero-order valence-electron chi connectivity index (χ0n) is 23.5. The van der Waals surface area contributed by atoms with Gasteiger partial charge in [0.25, 0.3) is 0 Å². The molecule has 1 atom stereocenters. The number of nitrogens with zero attached hydrogens (tertiary/aromatic N) is 2. The van der Waals surface area contributed by atoms with Gasteiger partial charge >= 0.3 is 0 Å². The normalized spacial score (nSPS) is 14.3. The second-order valence-corrected chi connectivity index (χ2v) is 11.3. The summed E-state index contributed by atoms with van der Waals surface area (Å²) in [6, 6.07) is 22.1. The molecule has 1 aliphatic rings. The second-order valence-electron chi connectivity index (χ2n) is 9.74. The molecule has 0 spiro atoms. The summed E-state index contributed by atoms with van der Waals surface area (Å²) in [4.78, 5) is 17.9. The van der Waals surface area contributed by atoms with Crippen LogP contribution in [-0.4, -0.2) is 50.3 Å². The number of rotatable bonds is 13. The van der Waals surface area contributed by atoms with Crippen molar-refractivity contribution in [3.05, 3.63) is 82.9 Å². The van der Waals surface area contributed by atoms with E-state index < -0.39 is 0 Å². The lowest BCUT2D eigenvalue weighted by atomic mass is 10.1. The molecule has 216 valence electrons. The molecule has 1 aliphatic heterocycles. The summed E-state index contributed by atoms with van der Waals surface area (Å²) in [7, 11) is 1.64. The van der Waals surface area contributed by atoms with Crippen molar-refractivity contribution in [1.82, 2.24) is 4.90 Å². The van der Waals surface area contributed by atoms with Crippen molar-refractivity contribution in [2.24, 2.45) is 0 Å². The van der Waals surface area contributed by atoms with Crippen molar-refractivity contribution >= 4 is 47.4 Å². The van der Waals surface area contributed by atoms with Crippen molar-refractivity contribution in [1.29, 1.82) is 0 Å². The fourth-order valence-electron chi connectivity index (χ4n) is 4.62. The molecular formula is C31H38Cl2N2O4S. The standard InChI is InChI=1S/C31H37ClN2O4S.ClH/c1-22(2)33(16-18-37-21-24-9-6-5-7-10-24)15-8-17-38-29-14-12-26(36-4)20-27(29)31-34(23(3)35)28-13-11-25(32)19-30(28)39-31;/h5-7,9-14,19-20,22,31H,8,15-18,21H2,1-4H3;1H. The maximum Gasteiger partial charge on any atom is 0.225 e. The van der Waals surface area contributed by atoms with Crippen LogP contribution in [0.2, 0.25) is 5.02 Å². The van der Waals surface area contributed by atoms with Crippen molar-refractivity contribution in [2.45, 2.75) is 50.1 Å². The fraction of sp³-hybridized carbons (Fsp3) is 0.387. The van der Waals surface area contributed by atoms with Crippen LogP contribution in [0.25, 0.3) is 0 Å². The topological polar surface area (TPSA) is 51.2 Å². The minimum Gasteiger partial charge on any atom is -0.497 e. The van der Waals surface area contributed by atoms with E-state index in [1.165, 1.54) is 5.56 Å². The van der Waals surface area contributed by atoms with Gasteiger partial charge in [-0.3, -0.25) is 14.6 Å². The summed E-state index contributed by atoms with van der Waals surface area (Å²) < 4.78 is 17.7. The maximum absolute atomic E-state index is 12.7. The van der Waals surface area contributed by atoms with Gasteiger partial charge in [0.15, 0.2) is 0 Å². The highest BCUT2D eigenvalue weighted by Gasteiger charge is 2.36. The van der Waals surface area contributed by atoms with Crippen LogP contribution in [0.3, 0.4) is 0 Å². The number of benzene rings is 3. The number of methoxy groups -OCH3 is 1. The Morgan fingerprint density at radius 3 is 2.52 bits per heavy atom. The molecule has 0 saturated heterocycles. The monoisotopic (exact) mass is 604 g/mol. The zero-order valence-corrected chi connectivity index (χ0v) is 25.9. The molecule has 1 amide bonds. The summed E-state index contributed by atoms with van der Waals surface area (Å²) in [5.74, 6) is 1.43. The lowest BCUT2D eigenvalue weighted by molar-refractivity contribution is -0.116. The van der Waals surface area contributed by atoms with Crippen molar-refractivity contribution in [3.8, 4) is 11.5 Å². The highest BCUT2D eigenvalue weighted by atomic mass is 35.5. The number of hydrogen-bond donors (Lipinski definition) is 0. The largest absolute Gasteiger partial charge is 0.497 e. The predicted octanol–water partition coefficient (Wildman–Crippen LogP) is 7.62. The van der Waals surface area contributed by atoms with Gasteiger partial charge in [-0.1, -0.05) is 53.7 Å². The Morgan fingerprint density at radius 1 is 1.05 bits per heavy atom. The predicted molar refractivity (Wildman–Crippen MR) is 166 cm³/mol. The van der Waals surface area contributed by atoms with Gasteiger partial charge < -0.3 is 14.2 Å². The molecule has 0 aromatic heterocycles. The van der Waals surface area contributed by atoms with E-state index in [0.29, 0.717) is 30.9 Å². The number of carbonyl (C=O) groups is 1. The van der Waals surface area contributed by atoms with E-state index in [2.05, 4.69) is 30.9 Å². The minimum atomic E-state index is -0.269. The van der Waals surface area contributed by atoms with Crippen LogP contribution >= 0.6 is 35.8 Å². The summed E-state index contributed by atoms with van der Waals surface area (Å²) in [5, 5.41) is 0.377. The zero-order chi connectivity index (χ0) is 27.8. The molecule has 9 heteroatoms. The first-order valence-corrected chi connectivity index (χ1v) is 14.6. The highest BCUT2D eigenvalue weighted by Crippen LogP contribution is 2.54. The summed E-state index contributed by atoms with van der Waals surface area (Å²) in [6.07, 6.45) is 0.867. The molecule has 4 rings (SSSR count). The number of anilines is 1. The van der Waals surface area contributed by atoms with Crippen LogP contribution in [0.5, 0.6) is 11.5 Å². The molecule has 0 radical (unpaired) electrons. The summed E-state index contributed by atoms with van der Waals surface area (Å²) in [6.45, 7) is 9.63. The Hall–Kier alpha value is -2.42. The number of carbonyl (C=O) groups excluding carboxylic acids is 1. The first-order valence-electron chi connectivity index (χ1n) is 13.3. The van der Waals surface area contributed by atoms with Gasteiger partial charge in [-0.25, -0.2) is 0 Å². The van der Waals surface area contributed by atoms with Crippen LogP contribution in [0.4, 0.5) is 5.69 Å². The van der Waals surface area contributed by atoms with Crippen molar-refractivity contribution in [3.63, 3.8) is 0 Å². The van der Waals surface area contributed by atoms with Crippen LogP contribution < -0.4 is 14.4 Å². The third-order valence-electron chi connectivity index (χ3n) is 6.69. The molecule has 0 fully saturated rings. The number of amides is 1. The average molecular weight is 606 g/mol. The molecule has 0 bridgehead atoms. The van der Waals surface area contributed by atoms with E-state index in [-0.39, 0.29) is 23.7 Å². The molecule has 40 heavy (non-hydrogen) atoms. The second kappa shape index (κ2) is 15.5. The van der Waals surface area contributed by atoms with E-state index >= 15 is 0 Å². The number of ether oxygens (including phenoxy) is 3. The van der Waals surface area contributed by atoms with Gasteiger partial charge in [0.1, 0.15) is 16.9 Å². The molecule has 0 aliphatic carbocycles. The molecular weight excluding hydrogens is 567 g/mol. The van der Waals surface area contributed by atoms with E-state index in [4.69, 9.17) is 25.8 Å². The Balaban J connectivity index is 0.00000441. The van der Waals surface area contributed by atoms with Crippen LogP contribution in [0.15, 0.2) is 71.6 Å². The Morgan fingerprint density at radius 2 is 1.82 bits per heavy atom. The number of thioether (sulfide) groups is 1. The smallest absolute Gasteiger partial charge is 0.225 e. The molecule has 0 saturated carbocycles. The first kappa shape index (κ1) is 32.1. The number of halogens is 2. The van der Waals surface area contributed by atoms with E-state index in [1.807, 2.05) is 54.6 Å². The highest BCUT2D eigenvalue weighted by molar-refractivity contribution is 8.00. The van der Waals surface area contributed by atoms with Gasteiger partial charge in [-0.2, -0.15) is 0 Å². The van der Waals surface area contributed by atoms with E-state index in [0.717, 1.165) is 47.2 Å². The molecule has 0 N–H and O–H groups in total. The van der Waals surface area contributed by atoms with Gasteiger partial charge in [0.05, 0.1) is 32.6 Å². The quantitative estimate of drug-likeness (QED) is 0.187. The lowest BCUT2D eigenvalue weighted by Gasteiger charge is -2.27. The van der Waals surface area contributed by atoms with Crippen LogP contribution in [-0.2, 0) is 16.1 Å². The Bertz CT molecular complexity index is 1250. The number of fused-ring (bicyclic) bond motifs is 1. The van der Waals surface area contributed by atoms with Crippen molar-refractivity contribution < 1.29 is 19.0 Å². The molecule has 6 nitrogen and oxygen atoms in total. The minimum absolute atomic E-state index is 0. The maximum atomic E-state index is 12.7. The first-order chi connectivity index (χ1) is 18.9. The van der Waals surface area contributed by atoms with Gasteiger partial charge in [-0.05, 0) is 62.2 Å². The fourth-order valence-corrected chi connectivity index (χ4v) is 6.26. The third-order valence-corrected chi connectivity index (χ3v) is 8.19. The lowest BCUT2D eigenvalue weighted by Crippen LogP contribution is -2.35. The average Bonchev–Trinajstić information content (AvgIpc) is 3.31. The summed E-state index contributed by atoms with van der Waals surface area (Å²) >= 11 is 7.84. The third kappa shape index (κ3) is 8.30. The SMILES string of the molecule is COc1ccc(OCCCN(CCOCc2ccccc2)C(C)C)c(C2Sc3cc(Cl)ccc3N2C(C)=O)c1.Cl. The van der Waals surface area contributed by atoms with Gasteiger partial charge in [0.2, 0.25) is 5.91 Å². The van der Waals surface area contributed by atoms with Gasteiger partial charge in [0, 0.05) is 41.5 Å². The molecule has 3 aromatic carbocycles. The Kier molecular flexibility index (Phi) is 12.5. The van der Waals surface area contributed by atoms with Crippen molar-refractivity contribution in [2.75, 3.05) is 38.3 Å². The van der Waals surface area contributed by atoms with Crippen LogP contribution in [0, 0.1) is 0 Å². The van der Waals surface area contributed by atoms with Crippen LogP contribution in [0.1, 0.15) is 43.7 Å². The Labute approximate surface area is 253 Å². The van der Waals surface area contributed by atoms with Gasteiger partial charge in [-0.15, -0.1) is 12.4 Å². The molecule has 1 heterocycles. The van der Waals surface area contributed by atoms with E-state index in [9.17, 15) is 4.79 Å². The number of hydrogen-bond acceptors (Lipinski definition) is 6.